The van der Waals surface area contributed by atoms with Crippen LogP contribution in [-0.2, 0) is 14.2 Å². The van der Waals surface area contributed by atoms with Gasteiger partial charge in [-0.2, -0.15) is 0 Å². The van der Waals surface area contributed by atoms with Crippen molar-refractivity contribution in [3.05, 3.63) is 46.5 Å². The van der Waals surface area contributed by atoms with Gasteiger partial charge in [0, 0.05) is 0 Å². The lowest BCUT2D eigenvalue weighted by atomic mass is 9.94. The van der Waals surface area contributed by atoms with Crippen LogP contribution in [0, 0.1) is 0 Å². The van der Waals surface area contributed by atoms with Crippen molar-refractivity contribution >= 4 is 34.6 Å². The summed E-state index contributed by atoms with van der Waals surface area (Å²) < 4.78 is 15.8. The van der Waals surface area contributed by atoms with Crippen LogP contribution in [0.2, 0.25) is 0 Å². The quantitative estimate of drug-likeness (QED) is 0.234. The molecule has 0 saturated heterocycles. The van der Waals surface area contributed by atoms with E-state index in [9.17, 15) is 24.3 Å². The van der Waals surface area contributed by atoms with Gasteiger partial charge in [-0.05, 0) is 54.3 Å². The van der Waals surface area contributed by atoms with Crippen LogP contribution in [0.4, 0.5) is 0 Å². The Hall–Kier alpha value is -3.42. The minimum absolute atomic E-state index is 0.00174. The second kappa shape index (κ2) is 13.3. The van der Waals surface area contributed by atoms with Crippen molar-refractivity contribution in [2.45, 2.75) is 59.3 Å². The minimum Gasteiger partial charge on any atom is -0.478 e. The van der Waals surface area contributed by atoms with E-state index < -0.39 is 23.9 Å². The number of carboxylic acids is 1. The van der Waals surface area contributed by atoms with Crippen molar-refractivity contribution in [3.63, 3.8) is 0 Å². The van der Waals surface area contributed by atoms with Crippen molar-refractivity contribution < 1.29 is 38.5 Å². The number of carboxylic acid groups (broad SMARTS) is 1. The molecule has 0 unspecified atom stereocenters. The molecule has 0 heterocycles. The van der Waals surface area contributed by atoms with Crippen LogP contribution in [0.25, 0.3) is 10.8 Å². The zero-order valence-corrected chi connectivity index (χ0v) is 20.0. The van der Waals surface area contributed by atoms with Crippen molar-refractivity contribution in [1.82, 2.24) is 0 Å². The highest BCUT2D eigenvalue weighted by atomic mass is 16.5. The van der Waals surface area contributed by atoms with Crippen LogP contribution in [0.1, 0.15) is 101 Å². The molecule has 2 rings (SSSR count). The molecule has 0 atom stereocenters. The third-order valence-electron chi connectivity index (χ3n) is 5.18. The van der Waals surface area contributed by atoms with Crippen LogP contribution < -0.4 is 0 Å². The van der Waals surface area contributed by atoms with Crippen LogP contribution >= 0.6 is 0 Å². The summed E-state index contributed by atoms with van der Waals surface area (Å²) in [4.78, 5) is 50.1. The molecule has 34 heavy (non-hydrogen) atoms. The molecule has 2 aromatic rings. The first kappa shape index (κ1) is 26.8. The molecule has 0 saturated carbocycles. The second-order valence-corrected chi connectivity index (χ2v) is 7.92. The van der Waals surface area contributed by atoms with E-state index in [0.29, 0.717) is 19.3 Å². The first-order chi connectivity index (χ1) is 16.3. The molecule has 0 bridgehead atoms. The van der Waals surface area contributed by atoms with Crippen LogP contribution in [0.15, 0.2) is 24.3 Å². The Morgan fingerprint density at radius 3 is 1.41 bits per heavy atom. The molecule has 184 valence electrons. The van der Waals surface area contributed by atoms with Gasteiger partial charge in [0.1, 0.15) is 0 Å². The molecule has 0 aliphatic heterocycles. The Morgan fingerprint density at radius 1 is 0.618 bits per heavy atom. The number of hydrogen-bond acceptors (Lipinski definition) is 7. The van der Waals surface area contributed by atoms with Crippen LogP contribution in [-0.4, -0.2) is 48.8 Å². The Kier molecular flexibility index (Phi) is 10.5. The van der Waals surface area contributed by atoms with E-state index in [0.717, 1.165) is 19.3 Å². The van der Waals surface area contributed by atoms with Crippen molar-refractivity contribution in [2.75, 3.05) is 19.8 Å². The van der Waals surface area contributed by atoms with Crippen LogP contribution in [0.3, 0.4) is 0 Å². The molecule has 0 fully saturated rings. The van der Waals surface area contributed by atoms with Gasteiger partial charge in [0.05, 0.1) is 42.1 Å². The number of esters is 3. The number of benzene rings is 2. The summed E-state index contributed by atoms with van der Waals surface area (Å²) >= 11 is 0. The number of carbonyl (C=O) groups excluding carboxylic acids is 3. The minimum atomic E-state index is -1.31. The molecule has 2 aromatic carbocycles. The fourth-order valence-electron chi connectivity index (χ4n) is 3.22. The van der Waals surface area contributed by atoms with Gasteiger partial charge in [-0.3, -0.25) is 0 Å². The SMILES string of the molecule is CCCCOC(=O)c1cc(C(=O)OCCCC)c2cc(C(=O)OCCCC)cc(C(=O)O)c2c1. The first-order valence-electron chi connectivity index (χ1n) is 11.7. The third-order valence-corrected chi connectivity index (χ3v) is 5.18. The van der Waals surface area contributed by atoms with Gasteiger partial charge in [-0.25, -0.2) is 19.2 Å². The number of fused-ring (bicyclic) bond motifs is 1. The standard InChI is InChI=1S/C26H32O8/c1-4-7-10-32-24(29)17-14-20-19(21(15-17)23(27)28)13-18(25(30)33-11-8-5-2)16-22(20)26(31)34-12-9-6-3/h13-16H,4-12H2,1-3H3,(H,27,28). The Morgan fingerprint density at radius 2 is 1.00 bits per heavy atom. The first-order valence-corrected chi connectivity index (χ1v) is 11.7. The summed E-state index contributed by atoms with van der Waals surface area (Å²) in [5.41, 5.74) is -0.207. The summed E-state index contributed by atoms with van der Waals surface area (Å²) in [6.45, 7) is 6.44. The molecule has 0 radical (unpaired) electrons. The molecule has 8 heteroatoms. The highest BCUT2D eigenvalue weighted by molar-refractivity contribution is 6.15. The van der Waals surface area contributed by atoms with E-state index in [-0.39, 0.29) is 52.8 Å². The lowest BCUT2D eigenvalue weighted by molar-refractivity contribution is 0.0484. The van der Waals surface area contributed by atoms with Gasteiger partial charge < -0.3 is 19.3 Å². The molecule has 0 aliphatic carbocycles. The van der Waals surface area contributed by atoms with Crippen molar-refractivity contribution in [1.29, 1.82) is 0 Å². The van der Waals surface area contributed by atoms with Gasteiger partial charge in [0.15, 0.2) is 0 Å². The number of rotatable bonds is 13. The maximum atomic E-state index is 12.9. The largest absolute Gasteiger partial charge is 0.478 e. The third kappa shape index (κ3) is 7.04. The Balaban J connectivity index is 2.63. The molecule has 0 aliphatic rings. The fourth-order valence-corrected chi connectivity index (χ4v) is 3.22. The lowest BCUT2D eigenvalue weighted by Crippen LogP contribution is -2.14. The molecule has 1 N–H and O–H groups in total. The average Bonchev–Trinajstić information content (AvgIpc) is 2.82. The lowest BCUT2D eigenvalue weighted by Gasteiger charge is -2.14. The number of carbonyl (C=O) groups is 4. The smallest absolute Gasteiger partial charge is 0.338 e. The maximum Gasteiger partial charge on any atom is 0.338 e. The zero-order valence-electron chi connectivity index (χ0n) is 20.0. The number of hydrogen-bond donors (Lipinski definition) is 1. The Labute approximate surface area is 199 Å². The van der Waals surface area contributed by atoms with Gasteiger partial charge in [-0.1, -0.05) is 40.0 Å². The van der Waals surface area contributed by atoms with E-state index in [1.165, 1.54) is 24.3 Å². The van der Waals surface area contributed by atoms with E-state index in [2.05, 4.69) is 0 Å². The normalized spacial score (nSPS) is 10.7. The summed E-state index contributed by atoms with van der Waals surface area (Å²) in [7, 11) is 0. The zero-order chi connectivity index (χ0) is 25.1. The summed E-state index contributed by atoms with van der Waals surface area (Å²) in [6.07, 6.45) is 4.47. The van der Waals surface area contributed by atoms with Gasteiger partial charge in [0.25, 0.3) is 0 Å². The molecular weight excluding hydrogens is 440 g/mol. The highest BCUT2D eigenvalue weighted by Crippen LogP contribution is 2.28. The molecule has 0 aromatic heterocycles. The van der Waals surface area contributed by atoms with Crippen molar-refractivity contribution in [2.24, 2.45) is 0 Å². The summed E-state index contributed by atoms with van der Waals surface area (Å²) in [6, 6.07) is 5.28. The molecule has 8 nitrogen and oxygen atoms in total. The topological polar surface area (TPSA) is 116 Å². The predicted molar refractivity (Wildman–Crippen MR) is 126 cm³/mol. The van der Waals surface area contributed by atoms with E-state index >= 15 is 0 Å². The maximum absolute atomic E-state index is 12.9. The van der Waals surface area contributed by atoms with Gasteiger partial charge in [0.2, 0.25) is 0 Å². The molecule has 0 amide bonds. The van der Waals surface area contributed by atoms with E-state index in [4.69, 9.17) is 14.2 Å². The number of aromatic carboxylic acids is 1. The van der Waals surface area contributed by atoms with E-state index in [1.54, 1.807) is 0 Å². The summed E-state index contributed by atoms with van der Waals surface area (Å²) in [5.74, 6) is -3.38. The number of unbranched alkanes of at least 4 members (excludes halogenated alkanes) is 3. The molecular formula is C26H32O8. The molecule has 0 spiro atoms. The fraction of sp³-hybridized carbons (Fsp3) is 0.462. The van der Waals surface area contributed by atoms with Gasteiger partial charge in [-0.15, -0.1) is 0 Å². The monoisotopic (exact) mass is 472 g/mol. The van der Waals surface area contributed by atoms with E-state index in [1.807, 2.05) is 20.8 Å². The average molecular weight is 473 g/mol. The van der Waals surface area contributed by atoms with Gasteiger partial charge >= 0.3 is 23.9 Å². The van der Waals surface area contributed by atoms with Crippen molar-refractivity contribution in [3.8, 4) is 0 Å². The van der Waals surface area contributed by atoms with Crippen LogP contribution in [0.5, 0.6) is 0 Å². The second-order valence-electron chi connectivity index (χ2n) is 7.92. The summed E-state index contributed by atoms with van der Waals surface area (Å²) in [5, 5.41) is 10.1. The Bertz CT molecular complexity index is 1040. The highest BCUT2D eigenvalue weighted by Gasteiger charge is 2.23. The predicted octanol–water partition coefficient (Wildman–Crippen LogP) is 5.41. The number of ether oxygens (including phenoxy) is 3.